The molecule has 3 rings (SSSR count). The molecule has 11 heteroatoms. The normalized spacial score (nSPS) is 16.5. The number of nitrogens with one attached hydrogen (secondary N) is 1. The molecule has 0 spiro atoms. The first-order chi connectivity index (χ1) is 17.8. The molecule has 210 valence electrons. The van der Waals surface area contributed by atoms with Crippen molar-refractivity contribution in [3.05, 3.63) is 42.5 Å². The lowest BCUT2D eigenvalue weighted by atomic mass is 9.89. The quantitative estimate of drug-likeness (QED) is 0.269. The summed E-state index contributed by atoms with van der Waals surface area (Å²) in [5.74, 6) is -1.01. The number of nitrogens with zero attached hydrogens (tertiary/aromatic N) is 2. The number of ether oxygens (including phenoxy) is 1. The van der Waals surface area contributed by atoms with Gasteiger partial charge in [-0.15, -0.1) is 5.06 Å². The largest absolute Gasteiger partial charge is 0.528 e. The van der Waals surface area contributed by atoms with Gasteiger partial charge in [0.25, 0.3) is 5.91 Å². The maximum absolute atomic E-state index is 14.0. The van der Waals surface area contributed by atoms with Gasteiger partial charge in [0, 0.05) is 19.6 Å². The molecule has 10 nitrogen and oxygen atoms in total. The number of rotatable bonds is 9. The van der Waals surface area contributed by atoms with Gasteiger partial charge in [-0.05, 0) is 74.8 Å². The predicted molar refractivity (Wildman–Crippen MR) is 143 cm³/mol. The van der Waals surface area contributed by atoms with E-state index >= 15 is 0 Å². The van der Waals surface area contributed by atoms with E-state index in [1.54, 1.807) is 44.5 Å². The zero-order chi connectivity index (χ0) is 28.1. The van der Waals surface area contributed by atoms with E-state index in [0.29, 0.717) is 19.3 Å². The third-order valence-corrected chi connectivity index (χ3v) is 8.36. The number of sulfonamides is 1. The maximum Gasteiger partial charge on any atom is 0.528 e. The highest BCUT2D eigenvalue weighted by Gasteiger charge is 2.42. The number of carbonyl (C=O) groups is 2. The molecule has 2 N–H and O–H groups in total. The molecule has 2 aromatic rings. The number of piperidine rings is 1. The number of carbonyl (C=O) groups excluding carboxylic acids is 2. The number of hydroxylamine groups is 3. The Hall–Kier alpha value is -2.73. The number of amides is 1. The van der Waals surface area contributed by atoms with E-state index < -0.39 is 39.6 Å². The second kappa shape index (κ2) is 12.4. The highest BCUT2D eigenvalue weighted by atomic mass is 32.2. The average molecular weight is 550 g/mol. The Morgan fingerprint density at radius 1 is 1.11 bits per heavy atom. The molecule has 1 aliphatic rings. The van der Waals surface area contributed by atoms with Crippen LogP contribution in [0.2, 0.25) is 0 Å². The van der Waals surface area contributed by atoms with Crippen LogP contribution in [0, 0.1) is 11.8 Å². The minimum atomic E-state index is -4.10. The van der Waals surface area contributed by atoms with Crippen LogP contribution in [-0.4, -0.2) is 66.3 Å². The molecule has 1 aliphatic heterocycles. The van der Waals surface area contributed by atoms with Crippen LogP contribution in [0.25, 0.3) is 10.8 Å². The molecule has 1 fully saturated rings. The third-order valence-electron chi connectivity index (χ3n) is 6.48. The van der Waals surface area contributed by atoms with Crippen molar-refractivity contribution in [2.45, 2.75) is 70.4 Å². The second-order valence-corrected chi connectivity index (χ2v) is 12.9. The molecule has 1 atom stereocenters. The minimum absolute atomic E-state index is 0.0846. The molecule has 38 heavy (non-hydrogen) atoms. The number of benzene rings is 2. The minimum Gasteiger partial charge on any atom is -0.427 e. The molecule has 1 amide bonds. The molecular formula is C27H39N3O7S. The summed E-state index contributed by atoms with van der Waals surface area (Å²) in [7, 11) is -4.10. The second-order valence-electron chi connectivity index (χ2n) is 11.1. The summed E-state index contributed by atoms with van der Waals surface area (Å²) in [6.45, 7) is 9.85. The Morgan fingerprint density at radius 3 is 2.32 bits per heavy atom. The maximum atomic E-state index is 14.0. The van der Waals surface area contributed by atoms with E-state index in [4.69, 9.17) is 9.57 Å². The summed E-state index contributed by atoms with van der Waals surface area (Å²) in [5, 5.41) is 12.7. The van der Waals surface area contributed by atoms with E-state index in [1.165, 1.54) is 9.37 Å². The van der Waals surface area contributed by atoms with Crippen molar-refractivity contribution in [2.24, 2.45) is 11.8 Å². The van der Waals surface area contributed by atoms with Crippen molar-refractivity contribution < 1.29 is 32.8 Å². The van der Waals surface area contributed by atoms with E-state index in [9.17, 15) is 23.2 Å². The van der Waals surface area contributed by atoms with Gasteiger partial charge in [-0.1, -0.05) is 44.2 Å². The molecule has 0 aromatic heterocycles. The van der Waals surface area contributed by atoms with Crippen molar-refractivity contribution in [1.82, 2.24) is 14.8 Å². The van der Waals surface area contributed by atoms with Crippen molar-refractivity contribution in [3.8, 4) is 0 Å². The van der Waals surface area contributed by atoms with Gasteiger partial charge in [-0.3, -0.25) is 10.0 Å². The third kappa shape index (κ3) is 7.66. The molecule has 0 bridgehead atoms. The summed E-state index contributed by atoms with van der Waals surface area (Å²) in [6.07, 6.45) is 0.444. The topological polar surface area (TPSA) is 125 Å². The van der Waals surface area contributed by atoms with Crippen LogP contribution in [-0.2, 0) is 24.4 Å². The van der Waals surface area contributed by atoms with Crippen molar-refractivity contribution >= 4 is 32.9 Å². The van der Waals surface area contributed by atoms with Gasteiger partial charge in [0.05, 0.1) is 4.90 Å². The van der Waals surface area contributed by atoms with Crippen molar-refractivity contribution in [3.63, 3.8) is 0 Å². The highest BCUT2D eigenvalue weighted by molar-refractivity contribution is 7.89. The first kappa shape index (κ1) is 29.8. The Morgan fingerprint density at radius 2 is 1.74 bits per heavy atom. The number of fused-ring (bicyclic) bond motifs is 1. The number of hydrogen-bond donors (Lipinski definition) is 2. The van der Waals surface area contributed by atoms with Gasteiger partial charge in [0.1, 0.15) is 11.6 Å². The van der Waals surface area contributed by atoms with E-state index in [1.807, 2.05) is 38.1 Å². The molecule has 1 saturated heterocycles. The average Bonchev–Trinajstić information content (AvgIpc) is 2.85. The van der Waals surface area contributed by atoms with Gasteiger partial charge in [0.2, 0.25) is 10.0 Å². The van der Waals surface area contributed by atoms with Gasteiger partial charge < -0.3 is 9.57 Å². The van der Waals surface area contributed by atoms with Gasteiger partial charge in [-0.2, -0.15) is 4.31 Å². The van der Waals surface area contributed by atoms with E-state index in [-0.39, 0.29) is 30.4 Å². The molecule has 2 aromatic carbocycles. The zero-order valence-electron chi connectivity index (χ0n) is 22.7. The summed E-state index contributed by atoms with van der Waals surface area (Å²) in [6, 6.07) is 11.2. The fraction of sp³-hybridized carbons (Fsp3) is 0.556. The molecule has 1 heterocycles. The van der Waals surface area contributed by atoms with Crippen LogP contribution in [0.4, 0.5) is 4.79 Å². The number of hydrogen-bond acceptors (Lipinski definition) is 8. The van der Waals surface area contributed by atoms with Gasteiger partial charge in [-0.25, -0.2) is 18.7 Å². The van der Waals surface area contributed by atoms with Crippen LogP contribution >= 0.6 is 0 Å². The van der Waals surface area contributed by atoms with Gasteiger partial charge in [0.15, 0.2) is 0 Å². The summed E-state index contributed by atoms with van der Waals surface area (Å²) >= 11 is 0. The summed E-state index contributed by atoms with van der Waals surface area (Å²) in [4.78, 5) is 30.5. The highest BCUT2D eigenvalue weighted by Crippen LogP contribution is 2.31. The van der Waals surface area contributed by atoms with Gasteiger partial charge >= 0.3 is 6.16 Å². The smallest absolute Gasteiger partial charge is 0.427 e. The SMILES string of the molecule is CC(C)CCN(C(C(=O)NO)C1CCN(OC(=O)OC(C)(C)C)CC1)S(=O)(=O)c1ccc2ccccc2c1. The predicted octanol–water partition coefficient (Wildman–Crippen LogP) is 4.33. The Kier molecular flexibility index (Phi) is 9.74. The molecule has 0 radical (unpaired) electrons. The lowest BCUT2D eigenvalue weighted by Crippen LogP contribution is -2.55. The first-order valence-corrected chi connectivity index (χ1v) is 14.4. The monoisotopic (exact) mass is 549 g/mol. The molecule has 1 unspecified atom stereocenters. The lowest BCUT2D eigenvalue weighted by molar-refractivity contribution is -0.160. The lowest BCUT2D eigenvalue weighted by Gasteiger charge is -2.39. The molecule has 0 saturated carbocycles. The van der Waals surface area contributed by atoms with Crippen LogP contribution in [0.5, 0.6) is 0 Å². The van der Waals surface area contributed by atoms with Crippen molar-refractivity contribution in [2.75, 3.05) is 19.6 Å². The zero-order valence-corrected chi connectivity index (χ0v) is 23.5. The standard InChI is InChI=1S/C27H39N3O7S/c1-19(2)12-17-30(38(34,35)23-11-10-20-8-6-7-9-22(20)18-23)24(25(31)28-33)21-13-15-29(16-14-21)37-26(32)36-27(3,4)5/h6-11,18-19,21,24,33H,12-17H2,1-5H3,(H,28,31). The van der Waals surface area contributed by atoms with Crippen LogP contribution < -0.4 is 5.48 Å². The van der Waals surface area contributed by atoms with Crippen LogP contribution in [0.1, 0.15) is 53.9 Å². The van der Waals surface area contributed by atoms with E-state index in [2.05, 4.69) is 0 Å². The van der Waals surface area contributed by atoms with Crippen molar-refractivity contribution in [1.29, 1.82) is 0 Å². The summed E-state index contributed by atoms with van der Waals surface area (Å²) < 4.78 is 34.4. The van der Waals surface area contributed by atoms with E-state index in [0.717, 1.165) is 10.8 Å². The fourth-order valence-corrected chi connectivity index (χ4v) is 6.26. The Bertz CT molecular complexity index is 1220. The fourth-order valence-electron chi connectivity index (χ4n) is 4.56. The Balaban J connectivity index is 1.87. The van der Waals surface area contributed by atoms with Crippen LogP contribution in [0.3, 0.4) is 0 Å². The summed E-state index contributed by atoms with van der Waals surface area (Å²) in [5.41, 5.74) is 0.988. The molecular weight excluding hydrogens is 510 g/mol. The molecule has 0 aliphatic carbocycles. The van der Waals surface area contributed by atoms with Crippen LogP contribution in [0.15, 0.2) is 47.4 Å². The Labute approximate surface area is 224 Å². The first-order valence-electron chi connectivity index (χ1n) is 12.9.